The first-order valence-corrected chi connectivity index (χ1v) is 7.36. The molecule has 0 aliphatic rings. The summed E-state index contributed by atoms with van der Waals surface area (Å²) in [6, 6.07) is 3.38. The van der Waals surface area contributed by atoms with Crippen LogP contribution in [-0.4, -0.2) is 17.4 Å². The number of nitrogen functional groups attached to an aromatic ring is 1. The molecule has 0 aliphatic carbocycles. The standard InChI is InChI=1S/C16H27N3O/c1-5-6-7-8-16(3,4)11-18-15(20)13-9-12(2)19-14(17)10-13/h9-10H,5-8,11H2,1-4H3,(H2,17,19)(H,18,20). The lowest BCUT2D eigenvalue weighted by Crippen LogP contribution is -2.34. The second-order valence-corrected chi connectivity index (χ2v) is 6.23. The van der Waals surface area contributed by atoms with E-state index in [2.05, 4.69) is 31.1 Å². The van der Waals surface area contributed by atoms with E-state index < -0.39 is 0 Å². The highest BCUT2D eigenvalue weighted by atomic mass is 16.1. The Morgan fingerprint density at radius 1 is 1.35 bits per heavy atom. The number of anilines is 1. The SMILES string of the molecule is CCCCCC(C)(C)CNC(=O)c1cc(C)nc(N)c1. The molecule has 20 heavy (non-hydrogen) atoms. The summed E-state index contributed by atoms with van der Waals surface area (Å²) in [7, 11) is 0. The molecule has 1 aromatic rings. The van der Waals surface area contributed by atoms with Crippen molar-refractivity contribution < 1.29 is 4.79 Å². The third kappa shape index (κ3) is 5.59. The summed E-state index contributed by atoms with van der Waals surface area (Å²) in [5, 5.41) is 3.00. The summed E-state index contributed by atoms with van der Waals surface area (Å²) < 4.78 is 0. The summed E-state index contributed by atoms with van der Waals surface area (Å²) in [5.74, 6) is 0.308. The predicted octanol–water partition coefficient (Wildman–Crippen LogP) is 3.31. The number of amides is 1. The highest BCUT2D eigenvalue weighted by Crippen LogP contribution is 2.22. The number of hydrogen-bond acceptors (Lipinski definition) is 3. The van der Waals surface area contributed by atoms with E-state index in [1.807, 2.05) is 6.92 Å². The van der Waals surface area contributed by atoms with E-state index in [0.717, 1.165) is 12.1 Å². The lowest BCUT2D eigenvalue weighted by molar-refractivity contribution is 0.0934. The molecule has 112 valence electrons. The van der Waals surface area contributed by atoms with Gasteiger partial charge in [-0.15, -0.1) is 0 Å². The summed E-state index contributed by atoms with van der Waals surface area (Å²) in [6.45, 7) is 9.09. The second kappa shape index (κ2) is 7.27. The fourth-order valence-electron chi connectivity index (χ4n) is 2.19. The lowest BCUT2D eigenvalue weighted by Gasteiger charge is -2.25. The third-order valence-electron chi connectivity index (χ3n) is 3.42. The minimum Gasteiger partial charge on any atom is -0.384 e. The number of nitrogens with one attached hydrogen (secondary N) is 1. The van der Waals surface area contributed by atoms with Crippen LogP contribution in [0.4, 0.5) is 5.82 Å². The van der Waals surface area contributed by atoms with Gasteiger partial charge in [0.15, 0.2) is 0 Å². The van der Waals surface area contributed by atoms with Gasteiger partial charge in [-0.25, -0.2) is 4.98 Å². The van der Waals surface area contributed by atoms with E-state index in [9.17, 15) is 4.79 Å². The van der Waals surface area contributed by atoms with E-state index in [0.29, 0.717) is 17.9 Å². The van der Waals surface area contributed by atoms with Crippen LogP contribution < -0.4 is 11.1 Å². The predicted molar refractivity (Wildman–Crippen MR) is 83.6 cm³/mol. The van der Waals surface area contributed by atoms with Gasteiger partial charge >= 0.3 is 0 Å². The minimum atomic E-state index is -0.0780. The molecule has 0 spiro atoms. The lowest BCUT2D eigenvalue weighted by atomic mass is 9.87. The van der Waals surface area contributed by atoms with Gasteiger partial charge in [0.25, 0.3) is 5.91 Å². The molecule has 1 aromatic heterocycles. The third-order valence-corrected chi connectivity index (χ3v) is 3.42. The Labute approximate surface area is 122 Å². The normalized spacial score (nSPS) is 11.4. The fourth-order valence-corrected chi connectivity index (χ4v) is 2.19. The monoisotopic (exact) mass is 277 g/mol. The Morgan fingerprint density at radius 2 is 2.05 bits per heavy atom. The highest BCUT2D eigenvalue weighted by molar-refractivity contribution is 5.94. The Bertz CT molecular complexity index is 435. The fraction of sp³-hybridized carbons (Fsp3) is 0.625. The van der Waals surface area contributed by atoms with Gasteiger partial charge in [-0.3, -0.25) is 4.79 Å². The molecule has 0 unspecified atom stereocenters. The van der Waals surface area contributed by atoms with Crippen LogP contribution in [0, 0.1) is 12.3 Å². The molecule has 0 aromatic carbocycles. The molecular formula is C16H27N3O. The summed E-state index contributed by atoms with van der Waals surface area (Å²) in [4.78, 5) is 16.2. The first-order valence-electron chi connectivity index (χ1n) is 7.36. The topological polar surface area (TPSA) is 68.0 Å². The van der Waals surface area contributed by atoms with Crippen LogP contribution >= 0.6 is 0 Å². The zero-order valence-electron chi connectivity index (χ0n) is 13.1. The molecule has 0 saturated carbocycles. The van der Waals surface area contributed by atoms with Crippen LogP contribution in [0.5, 0.6) is 0 Å². The zero-order valence-corrected chi connectivity index (χ0v) is 13.1. The van der Waals surface area contributed by atoms with E-state index in [1.165, 1.54) is 19.3 Å². The van der Waals surface area contributed by atoms with Gasteiger partial charge in [-0.05, 0) is 30.9 Å². The van der Waals surface area contributed by atoms with Gasteiger partial charge in [0.2, 0.25) is 0 Å². The maximum atomic E-state index is 12.1. The van der Waals surface area contributed by atoms with Crippen LogP contribution in [0.15, 0.2) is 12.1 Å². The molecule has 1 amide bonds. The molecule has 0 radical (unpaired) electrons. The summed E-state index contributed by atoms with van der Waals surface area (Å²) in [5.41, 5.74) is 7.14. The van der Waals surface area contributed by atoms with Gasteiger partial charge in [0.05, 0.1) is 0 Å². The average Bonchev–Trinajstić information content (AvgIpc) is 2.35. The Balaban J connectivity index is 2.53. The molecule has 4 heteroatoms. The zero-order chi connectivity index (χ0) is 15.2. The average molecular weight is 277 g/mol. The van der Waals surface area contributed by atoms with E-state index in [-0.39, 0.29) is 11.3 Å². The number of hydrogen-bond donors (Lipinski definition) is 2. The van der Waals surface area contributed by atoms with E-state index in [4.69, 9.17) is 5.73 Å². The van der Waals surface area contributed by atoms with Gasteiger partial charge in [-0.2, -0.15) is 0 Å². The van der Waals surface area contributed by atoms with Gasteiger partial charge in [-0.1, -0.05) is 40.0 Å². The molecular weight excluding hydrogens is 250 g/mol. The van der Waals surface area contributed by atoms with Crippen molar-refractivity contribution in [1.82, 2.24) is 10.3 Å². The van der Waals surface area contributed by atoms with Crippen molar-refractivity contribution in [2.24, 2.45) is 5.41 Å². The van der Waals surface area contributed by atoms with Gasteiger partial charge < -0.3 is 11.1 Å². The van der Waals surface area contributed by atoms with E-state index in [1.54, 1.807) is 12.1 Å². The van der Waals surface area contributed by atoms with Gasteiger partial charge in [0.1, 0.15) is 5.82 Å². The second-order valence-electron chi connectivity index (χ2n) is 6.23. The van der Waals surface area contributed by atoms with Crippen LogP contribution in [-0.2, 0) is 0 Å². The van der Waals surface area contributed by atoms with Crippen LogP contribution in [0.1, 0.15) is 62.5 Å². The summed E-state index contributed by atoms with van der Waals surface area (Å²) in [6.07, 6.45) is 4.80. The maximum absolute atomic E-state index is 12.1. The first kappa shape index (κ1) is 16.5. The number of carbonyl (C=O) groups is 1. The summed E-state index contributed by atoms with van der Waals surface area (Å²) >= 11 is 0. The molecule has 1 rings (SSSR count). The maximum Gasteiger partial charge on any atom is 0.251 e. The van der Waals surface area contributed by atoms with Crippen molar-refractivity contribution in [2.45, 2.75) is 53.4 Å². The molecule has 0 bridgehead atoms. The van der Waals surface area contributed by atoms with Crippen molar-refractivity contribution in [3.63, 3.8) is 0 Å². The molecule has 3 N–H and O–H groups in total. The smallest absolute Gasteiger partial charge is 0.251 e. The number of aryl methyl sites for hydroxylation is 1. The number of aromatic nitrogens is 1. The number of nitrogens with zero attached hydrogens (tertiary/aromatic N) is 1. The number of pyridine rings is 1. The Kier molecular flexibility index (Phi) is 5.99. The van der Waals surface area contributed by atoms with Crippen molar-refractivity contribution in [1.29, 1.82) is 0 Å². The van der Waals surface area contributed by atoms with Gasteiger partial charge in [0, 0.05) is 17.8 Å². The molecule has 0 fully saturated rings. The number of carbonyl (C=O) groups excluding carboxylic acids is 1. The minimum absolute atomic E-state index is 0.0780. The van der Waals surface area contributed by atoms with Crippen LogP contribution in [0.2, 0.25) is 0 Å². The van der Waals surface area contributed by atoms with Crippen molar-refractivity contribution in [2.75, 3.05) is 12.3 Å². The van der Waals surface area contributed by atoms with Crippen LogP contribution in [0.25, 0.3) is 0 Å². The molecule has 0 aliphatic heterocycles. The van der Waals surface area contributed by atoms with E-state index >= 15 is 0 Å². The highest BCUT2D eigenvalue weighted by Gasteiger charge is 2.19. The molecule has 0 saturated heterocycles. The molecule has 1 heterocycles. The Morgan fingerprint density at radius 3 is 2.65 bits per heavy atom. The molecule has 0 atom stereocenters. The quantitative estimate of drug-likeness (QED) is 0.751. The number of rotatable bonds is 7. The van der Waals surface area contributed by atoms with Crippen molar-refractivity contribution in [3.05, 3.63) is 23.4 Å². The number of unbranched alkanes of at least 4 members (excludes halogenated alkanes) is 2. The van der Waals surface area contributed by atoms with Crippen molar-refractivity contribution >= 4 is 11.7 Å². The Hall–Kier alpha value is -1.58. The number of nitrogens with two attached hydrogens (primary N) is 1. The molecule has 4 nitrogen and oxygen atoms in total. The largest absolute Gasteiger partial charge is 0.384 e. The van der Waals surface area contributed by atoms with Crippen molar-refractivity contribution in [3.8, 4) is 0 Å². The first-order chi connectivity index (χ1) is 9.34. The van der Waals surface area contributed by atoms with Crippen LogP contribution in [0.3, 0.4) is 0 Å².